The number of hydrogen-bond donors (Lipinski definition) is 0. The monoisotopic (exact) mass is 242 g/mol. The second kappa shape index (κ2) is 4.68. The van der Waals surface area contributed by atoms with Crippen LogP contribution in [-0.4, -0.2) is 33.8 Å². The van der Waals surface area contributed by atoms with E-state index in [0.717, 1.165) is 43.4 Å². The molecule has 1 unspecified atom stereocenters. The standard InChI is InChI=1S/C13H14N4O/c18-9-10-3-1-2-8-17(10)12-5-4-11-13(16-12)15-7-6-14-11/h4-7,9-10H,1-3,8H2. The molecule has 2 aromatic heterocycles. The van der Waals surface area contributed by atoms with Crippen molar-refractivity contribution in [2.24, 2.45) is 0 Å². The van der Waals surface area contributed by atoms with Gasteiger partial charge >= 0.3 is 0 Å². The lowest BCUT2D eigenvalue weighted by molar-refractivity contribution is -0.109. The Hall–Kier alpha value is -2.04. The molecule has 5 heteroatoms. The highest BCUT2D eigenvalue weighted by Gasteiger charge is 2.23. The maximum absolute atomic E-state index is 11.1. The first kappa shape index (κ1) is 11.1. The molecule has 3 heterocycles. The molecule has 0 aliphatic carbocycles. The minimum absolute atomic E-state index is 0.0552. The van der Waals surface area contributed by atoms with E-state index in [1.165, 1.54) is 0 Å². The number of anilines is 1. The zero-order valence-corrected chi connectivity index (χ0v) is 9.99. The molecule has 2 aromatic rings. The first-order valence-corrected chi connectivity index (χ1v) is 6.18. The topological polar surface area (TPSA) is 59.0 Å². The molecule has 0 N–H and O–H groups in total. The van der Waals surface area contributed by atoms with Crippen LogP contribution >= 0.6 is 0 Å². The summed E-state index contributed by atoms with van der Waals surface area (Å²) in [4.78, 5) is 26.1. The Bertz CT molecular complexity index is 572. The van der Waals surface area contributed by atoms with Crippen molar-refractivity contribution < 1.29 is 4.79 Å². The van der Waals surface area contributed by atoms with E-state index in [2.05, 4.69) is 19.9 Å². The summed E-state index contributed by atoms with van der Waals surface area (Å²) in [5.41, 5.74) is 1.41. The third-order valence-corrected chi connectivity index (χ3v) is 3.32. The van der Waals surface area contributed by atoms with Crippen molar-refractivity contribution in [3.63, 3.8) is 0 Å². The van der Waals surface area contributed by atoms with Crippen molar-refractivity contribution in [3.8, 4) is 0 Å². The summed E-state index contributed by atoms with van der Waals surface area (Å²) in [6.45, 7) is 0.877. The number of rotatable bonds is 2. The number of hydrogen-bond acceptors (Lipinski definition) is 5. The lowest BCUT2D eigenvalue weighted by Crippen LogP contribution is -2.41. The molecule has 0 spiro atoms. The van der Waals surface area contributed by atoms with Gasteiger partial charge in [-0.15, -0.1) is 0 Å². The maximum atomic E-state index is 11.1. The average Bonchev–Trinajstić information content (AvgIpc) is 2.46. The number of pyridine rings is 1. The molecule has 5 nitrogen and oxygen atoms in total. The molecule has 0 bridgehead atoms. The van der Waals surface area contributed by atoms with Gasteiger partial charge in [-0.2, -0.15) is 0 Å². The predicted octanol–water partition coefficient (Wildman–Crippen LogP) is 1.58. The first-order chi connectivity index (χ1) is 8.88. The minimum atomic E-state index is -0.0552. The first-order valence-electron chi connectivity index (χ1n) is 6.18. The molecule has 0 amide bonds. The smallest absolute Gasteiger partial charge is 0.180 e. The van der Waals surface area contributed by atoms with Crippen molar-refractivity contribution in [1.29, 1.82) is 0 Å². The zero-order valence-electron chi connectivity index (χ0n) is 9.99. The second-order valence-corrected chi connectivity index (χ2v) is 4.46. The van der Waals surface area contributed by atoms with Gasteiger partial charge in [-0.05, 0) is 31.4 Å². The summed E-state index contributed by atoms with van der Waals surface area (Å²) in [6, 6.07) is 3.76. The van der Waals surface area contributed by atoms with Crippen molar-refractivity contribution in [2.45, 2.75) is 25.3 Å². The fourth-order valence-electron chi connectivity index (χ4n) is 2.39. The van der Waals surface area contributed by atoms with Gasteiger partial charge < -0.3 is 9.69 Å². The third-order valence-electron chi connectivity index (χ3n) is 3.32. The van der Waals surface area contributed by atoms with E-state index in [0.29, 0.717) is 5.65 Å². The number of carbonyl (C=O) groups is 1. The molecule has 3 rings (SSSR count). The maximum Gasteiger partial charge on any atom is 0.180 e. The fourth-order valence-corrected chi connectivity index (χ4v) is 2.39. The Morgan fingerprint density at radius 1 is 1.22 bits per heavy atom. The van der Waals surface area contributed by atoms with E-state index in [-0.39, 0.29) is 6.04 Å². The Balaban J connectivity index is 1.99. The van der Waals surface area contributed by atoms with Gasteiger partial charge in [0.1, 0.15) is 17.6 Å². The SMILES string of the molecule is O=CC1CCCCN1c1ccc2nccnc2n1. The van der Waals surface area contributed by atoms with Crippen LogP contribution in [0.2, 0.25) is 0 Å². The summed E-state index contributed by atoms with van der Waals surface area (Å²) in [5.74, 6) is 0.819. The van der Waals surface area contributed by atoms with E-state index in [9.17, 15) is 4.79 Å². The molecule has 1 saturated heterocycles. The van der Waals surface area contributed by atoms with Crippen LogP contribution in [0.25, 0.3) is 11.2 Å². The summed E-state index contributed by atoms with van der Waals surface area (Å²) in [5, 5.41) is 0. The Morgan fingerprint density at radius 2 is 2.11 bits per heavy atom. The number of nitrogens with zero attached hydrogens (tertiary/aromatic N) is 4. The van der Waals surface area contributed by atoms with Gasteiger partial charge in [0.25, 0.3) is 0 Å². The molecule has 1 atom stereocenters. The molecule has 1 aliphatic heterocycles. The molecular weight excluding hydrogens is 228 g/mol. The van der Waals surface area contributed by atoms with Gasteiger partial charge in [-0.1, -0.05) is 0 Å². The van der Waals surface area contributed by atoms with Gasteiger partial charge in [0.05, 0.1) is 6.04 Å². The molecular formula is C13H14N4O. The fraction of sp³-hybridized carbons (Fsp3) is 0.385. The molecule has 1 fully saturated rings. The van der Waals surface area contributed by atoms with E-state index in [1.807, 2.05) is 12.1 Å². The number of aldehydes is 1. The van der Waals surface area contributed by atoms with E-state index in [4.69, 9.17) is 0 Å². The second-order valence-electron chi connectivity index (χ2n) is 4.46. The van der Waals surface area contributed by atoms with Gasteiger partial charge in [-0.3, -0.25) is 4.98 Å². The Kier molecular flexibility index (Phi) is 2.88. The Morgan fingerprint density at radius 3 is 3.00 bits per heavy atom. The van der Waals surface area contributed by atoms with Crippen LogP contribution < -0.4 is 4.90 Å². The van der Waals surface area contributed by atoms with Gasteiger partial charge in [0.15, 0.2) is 5.65 Å². The molecule has 18 heavy (non-hydrogen) atoms. The molecule has 92 valence electrons. The van der Waals surface area contributed by atoms with E-state index >= 15 is 0 Å². The number of carbonyl (C=O) groups excluding carboxylic acids is 1. The average molecular weight is 242 g/mol. The largest absolute Gasteiger partial charge is 0.347 e. The lowest BCUT2D eigenvalue weighted by atomic mass is 10.0. The van der Waals surface area contributed by atoms with Crippen LogP contribution in [-0.2, 0) is 4.79 Å². The van der Waals surface area contributed by atoms with E-state index in [1.54, 1.807) is 12.4 Å². The van der Waals surface area contributed by atoms with Crippen molar-refractivity contribution in [3.05, 3.63) is 24.5 Å². The minimum Gasteiger partial charge on any atom is -0.347 e. The van der Waals surface area contributed by atoms with Crippen LogP contribution in [0, 0.1) is 0 Å². The Labute approximate surface area is 105 Å². The highest BCUT2D eigenvalue weighted by Crippen LogP contribution is 2.23. The highest BCUT2D eigenvalue weighted by molar-refractivity contribution is 5.73. The molecule has 0 saturated carbocycles. The van der Waals surface area contributed by atoms with Gasteiger partial charge in [0.2, 0.25) is 0 Å². The summed E-state index contributed by atoms with van der Waals surface area (Å²) in [6.07, 6.45) is 7.41. The lowest BCUT2D eigenvalue weighted by Gasteiger charge is -2.33. The number of fused-ring (bicyclic) bond motifs is 1. The number of aromatic nitrogens is 3. The zero-order chi connectivity index (χ0) is 12.4. The predicted molar refractivity (Wildman–Crippen MR) is 68.4 cm³/mol. The normalized spacial score (nSPS) is 20.0. The highest BCUT2D eigenvalue weighted by atomic mass is 16.1. The molecule has 0 aromatic carbocycles. The summed E-state index contributed by atoms with van der Waals surface area (Å²) in [7, 11) is 0. The summed E-state index contributed by atoms with van der Waals surface area (Å²) >= 11 is 0. The number of piperidine rings is 1. The van der Waals surface area contributed by atoms with Crippen molar-refractivity contribution in [2.75, 3.05) is 11.4 Å². The molecule has 0 radical (unpaired) electrons. The quantitative estimate of drug-likeness (QED) is 0.748. The molecule has 1 aliphatic rings. The van der Waals surface area contributed by atoms with Gasteiger partial charge in [0, 0.05) is 18.9 Å². The van der Waals surface area contributed by atoms with E-state index < -0.39 is 0 Å². The van der Waals surface area contributed by atoms with Crippen LogP contribution in [0.3, 0.4) is 0 Å². The van der Waals surface area contributed by atoms with Crippen LogP contribution in [0.5, 0.6) is 0 Å². The van der Waals surface area contributed by atoms with Crippen molar-refractivity contribution >= 4 is 23.3 Å². The van der Waals surface area contributed by atoms with Crippen LogP contribution in [0.1, 0.15) is 19.3 Å². The van der Waals surface area contributed by atoms with Crippen LogP contribution in [0.15, 0.2) is 24.5 Å². The summed E-state index contributed by atoms with van der Waals surface area (Å²) < 4.78 is 0. The van der Waals surface area contributed by atoms with Crippen LogP contribution in [0.4, 0.5) is 5.82 Å². The third kappa shape index (κ3) is 1.92. The van der Waals surface area contributed by atoms with Crippen molar-refractivity contribution in [1.82, 2.24) is 15.0 Å². The van der Waals surface area contributed by atoms with Gasteiger partial charge in [-0.25, -0.2) is 9.97 Å².